The monoisotopic (exact) mass is 541 g/mol. The van der Waals surface area contributed by atoms with Crippen molar-refractivity contribution in [1.82, 2.24) is 0 Å². The summed E-state index contributed by atoms with van der Waals surface area (Å²) in [6, 6.07) is 8.17. The second kappa shape index (κ2) is 9.21. The van der Waals surface area contributed by atoms with Crippen molar-refractivity contribution in [2.24, 2.45) is 0 Å². The maximum absolute atomic E-state index is 13.7. The van der Waals surface area contributed by atoms with E-state index in [1.54, 1.807) is 6.07 Å². The topological polar surface area (TPSA) is 102 Å². The highest BCUT2D eigenvalue weighted by molar-refractivity contribution is 7.92. The van der Waals surface area contributed by atoms with Gasteiger partial charge in [0.1, 0.15) is 11.9 Å². The Kier molecular flexibility index (Phi) is 6.79. The molecule has 2 aromatic rings. The minimum absolute atomic E-state index is 0.00234. The number of ether oxygens (including phenoxy) is 1. The van der Waals surface area contributed by atoms with Crippen LogP contribution in [0.5, 0.6) is 5.75 Å². The molecule has 2 heterocycles. The van der Waals surface area contributed by atoms with Crippen LogP contribution in [0.15, 0.2) is 47.4 Å². The Bertz CT molecular complexity index is 1300. The summed E-state index contributed by atoms with van der Waals surface area (Å²) in [6.07, 6.45) is -5.83. The van der Waals surface area contributed by atoms with Gasteiger partial charge in [-0.05, 0) is 69.9 Å². The van der Waals surface area contributed by atoms with Crippen LogP contribution in [0.4, 0.5) is 18.9 Å². The van der Waals surface area contributed by atoms with Gasteiger partial charge in [0.15, 0.2) is 0 Å². The number of hydrogen-bond donors (Lipinski definition) is 1. The van der Waals surface area contributed by atoms with E-state index >= 15 is 0 Å². The average Bonchev–Trinajstić information content (AvgIpc) is 3.03. The third-order valence-corrected chi connectivity index (χ3v) is 8.65. The van der Waals surface area contributed by atoms with E-state index in [1.807, 2.05) is 27.7 Å². The van der Waals surface area contributed by atoms with Gasteiger partial charge in [-0.2, -0.15) is 13.2 Å². The van der Waals surface area contributed by atoms with Crippen molar-refractivity contribution in [3.8, 4) is 5.75 Å². The van der Waals surface area contributed by atoms with Crippen LogP contribution in [-0.4, -0.2) is 50.5 Å². The molecule has 37 heavy (non-hydrogen) atoms. The molecular formula is C24H27BF3NO7S. The molecule has 2 aliphatic heterocycles. The number of benzene rings is 2. The van der Waals surface area contributed by atoms with Crippen LogP contribution in [0.1, 0.15) is 46.1 Å². The maximum atomic E-state index is 13.7. The van der Waals surface area contributed by atoms with Gasteiger partial charge in [-0.1, -0.05) is 12.1 Å². The molecule has 0 spiro atoms. The highest BCUT2D eigenvalue weighted by Crippen LogP contribution is 2.40. The summed E-state index contributed by atoms with van der Waals surface area (Å²) in [6.45, 7) is 7.18. The molecule has 0 radical (unpaired) electrons. The molecule has 8 nitrogen and oxygen atoms in total. The lowest BCUT2D eigenvalue weighted by atomic mass is 9.78. The fourth-order valence-electron chi connectivity index (χ4n) is 4.08. The first kappa shape index (κ1) is 27.3. The Morgan fingerprint density at radius 2 is 1.76 bits per heavy atom. The van der Waals surface area contributed by atoms with Crippen molar-refractivity contribution in [2.75, 3.05) is 10.8 Å². The largest absolute Gasteiger partial charge is 0.494 e. The van der Waals surface area contributed by atoms with Crippen LogP contribution in [0.2, 0.25) is 0 Å². The Morgan fingerprint density at radius 1 is 1.11 bits per heavy atom. The van der Waals surface area contributed by atoms with E-state index in [2.05, 4.69) is 0 Å². The van der Waals surface area contributed by atoms with Crippen LogP contribution in [0.3, 0.4) is 0 Å². The lowest BCUT2D eigenvalue weighted by molar-refractivity contribution is -0.138. The summed E-state index contributed by atoms with van der Waals surface area (Å²) in [5, 5.41) is 9.07. The van der Waals surface area contributed by atoms with Gasteiger partial charge < -0.3 is 19.2 Å². The SMILES string of the molecule is CC1(C)OB(c2ccc3c(c2)N(S(=O)(=O)c2cccc(C(F)(F)F)c2)C[C@H](CCC(=O)O)O3)OC1(C)C. The fourth-order valence-corrected chi connectivity index (χ4v) is 5.62. The highest BCUT2D eigenvalue weighted by Gasteiger charge is 2.52. The molecule has 0 saturated carbocycles. The molecule has 200 valence electrons. The number of carbonyl (C=O) groups is 1. The van der Waals surface area contributed by atoms with Gasteiger partial charge in [-0.3, -0.25) is 9.10 Å². The first-order chi connectivity index (χ1) is 17.0. The van der Waals surface area contributed by atoms with Crippen LogP contribution in [0.25, 0.3) is 0 Å². The van der Waals surface area contributed by atoms with Crippen molar-refractivity contribution in [1.29, 1.82) is 0 Å². The summed E-state index contributed by atoms with van der Waals surface area (Å²) < 4.78 is 86.3. The molecule has 13 heteroatoms. The van der Waals surface area contributed by atoms with Gasteiger partial charge in [-0.15, -0.1) is 0 Å². The highest BCUT2D eigenvalue weighted by atomic mass is 32.2. The summed E-state index contributed by atoms with van der Waals surface area (Å²) in [5.41, 5.74) is -1.83. The Morgan fingerprint density at radius 3 is 2.35 bits per heavy atom. The second-order valence-electron chi connectivity index (χ2n) is 10.0. The van der Waals surface area contributed by atoms with Crippen molar-refractivity contribution >= 4 is 34.3 Å². The first-order valence-electron chi connectivity index (χ1n) is 11.6. The Hall–Kier alpha value is -2.77. The van der Waals surface area contributed by atoms with E-state index in [1.165, 1.54) is 12.1 Å². The lowest BCUT2D eigenvalue weighted by Crippen LogP contribution is -2.45. The van der Waals surface area contributed by atoms with Crippen LogP contribution >= 0.6 is 0 Å². The third-order valence-electron chi connectivity index (χ3n) is 6.87. The van der Waals surface area contributed by atoms with E-state index in [9.17, 15) is 26.4 Å². The molecule has 4 rings (SSSR count). The zero-order valence-electron chi connectivity index (χ0n) is 20.7. The summed E-state index contributed by atoms with van der Waals surface area (Å²) in [7, 11) is -5.31. The Balaban J connectivity index is 1.77. The molecule has 0 unspecified atom stereocenters. The summed E-state index contributed by atoms with van der Waals surface area (Å²) in [4.78, 5) is 10.5. The molecule has 0 aromatic heterocycles. The second-order valence-corrected chi connectivity index (χ2v) is 11.9. The first-order valence-corrected chi connectivity index (χ1v) is 13.0. The quantitative estimate of drug-likeness (QED) is 0.555. The zero-order chi connectivity index (χ0) is 27.4. The number of carboxylic acids is 1. The van der Waals surface area contributed by atoms with Crippen LogP contribution in [0, 0.1) is 0 Å². The number of nitrogens with zero attached hydrogens (tertiary/aromatic N) is 1. The van der Waals surface area contributed by atoms with E-state index in [4.69, 9.17) is 19.2 Å². The third kappa shape index (κ3) is 5.30. The van der Waals surface area contributed by atoms with Gasteiger partial charge in [0.25, 0.3) is 10.0 Å². The number of fused-ring (bicyclic) bond motifs is 1. The normalized spacial score (nSPS) is 20.9. The predicted molar refractivity (Wildman–Crippen MR) is 129 cm³/mol. The van der Waals surface area contributed by atoms with E-state index < -0.39 is 57.1 Å². The van der Waals surface area contributed by atoms with Gasteiger partial charge >= 0.3 is 19.3 Å². The molecule has 0 aliphatic carbocycles. The molecule has 0 amide bonds. The number of aliphatic carboxylic acids is 1. The number of carboxylic acid groups (broad SMARTS) is 1. The van der Waals surface area contributed by atoms with Crippen LogP contribution in [-0.2, 0) is 30.3 Å². The minimum atomic E-state index is -4.73. The molecule has 1 N–H and O–H groups in total. The molecule has 2 aromatic carbocycles. The molecular weight excluding hydrogens is 514 g/mol. The van der Waals surface area contributed by atoms with E-state index in [0.717, 1.165) is 22.5 Å². The fraction of sp³-hybridized carbons (Fsp3) is 0.458. The lowest BCUT2D eigenvalue weighted by Gasteiger charge is -2.36. The minimum Gasteiger partial charge on any atom is -0.486 e. The van der Waals surface area contributed by atoms with Crippen molar-refractivity contribution in [3.05, 3.63) is 48.0 Å². The van der Waals surface area contributed by atoms with Crippen LogP contribution < -0.4 is 14.5 Å². The maximum Gasteiger partial charge on any atom is 0.494 e. The van der Waals surface area contributed by atoms with Gasteiger partial charge in [-0.25, -0.2) is 8.42 Å². The van der Waals surface area contributed by atoms with Gasteiger partial charge in [0.2, 0.25) is 0 Å². The zero-order valence-corrected chi connectivity index (χ0v) is 21.5. The number of hydrogen-bond acceptors (Lipinski definition) is 6. The van der Waals surface area contributed by atoms with E-state index in [-0.39, 0.29) is 30.8 Å². The predicted octanol–water partition coefficient (Wildman–Crippen LogP) is 3.83. The summed E-state index contributed by atoms with van der Waals surface area (Å²) in [5.74, 6) is -0.935. The number of rotatable bonds is 6. The smallest absolute Gasteiger partial charge is 0.486 e. The van der Waals surface area contributed by atoms with Gasteiger partial charge in [0.05, 0.1) is 33.9 Å². The van der Waals surface area contributed by atoms with Crippen molar-refractivity contribution < 1.29 is 45.5 Å². The van der Waals surface area contributed by atoms with E-state index in [0.29, 0.717) is 11.5 Å². The molecule has 0 bridgehead atoms. The molecule has 2 aliphatic rings. The number of anilines is 1. The molecule has 1 fully saturated rings. The van der Waals surface area contributed by atoms with Gasteiger partial charge in [0, 0.05) is 6.42 Å². The standard InChI is InChI=1S/C24H27BF3NO7S/c1-22(2)23(3,4)36-25(35-22)16-8-10-20-19(13-16)29(14-17(34-20)9-11-21(30)31)37(32,33)18-7-5-6-15(12-18)24(26,27)28/h5-8,10,12-13,17H,9,11,14H2,1-4H3,(H,30,31)/t17-/m0/s1. The number of halogens is 3. The van der Waals surface area contributed by atoms with Crippen molar-refractivity contribution in [3.63, 3.8) is 0 Å². The molecule has 1 atom stereocenters. The number of sulfonamides is 1. The summed E-state index contributed by atoms with van der Waals surface area (Å²) >= 11 is 0. The molecule has 1 saturated heterocycles. The number of alkyl halides is 3. The Labute approximate surface area is 213 Å². The average molecular weight is 541 g/mol. The van der Waals surface area contributed by atoms with Crippen molar-refractivity contribution in [2.45, 2.75) is 68.9 Å².